The highest BCUT2D eigenvalue weighted by atomic mass is 32.1. The van der Waals surface area contributed by atoms with Crippen LogP contribution in [0.15, 0.2) is 30.5 Å². The van der Waals surface area contributed by atoms with Crippen LogP contribution in [0.5, 0.6) is 5.75 Å². The lowest BCUT2D eigenvalue weighted by Crippen LogP contribution is -2.26. The molecule has 2 rings (SSSR count). The number of anilines is 1. The number of benzene rings is 1. The van der Waals surface area contributed by atoms with Gasteiger partial charge in [-0.2, -0.15) is 8.75 Å². The SMILES string of the molecule is COc1ccc(N(C)C(=O)c2cnsn2)cc1. The van der Waals surface area contributed by atoms with Crippen molar-refractivity contribution in [3.8, 4) is 5.75 Å². The highest BCUT2D eigenvalue weighted by molar-refractivity contribution is 6.99. The highest BCUT2D eigenvalue weighted by Gasteiger charge is 2.15. The van der Waals surface area contributed by atoms with Crippen LogP contribution in [0.25, 0.3) is 0 Å². The third-order valence-electron chi connectivity index (χ3n) is 2.34. The van der Waals surface area contributed by atoms with E-state index in [1.54, 1.807) is 26.3 Å². The van der Waals surface area contributed by atoms with Gasteiger partial charge >= 0.3 is 0 Å². The van der Waals surface area contributed by atoms with E-state index in [4.69, 9.17) is 4.74 Å². The van der Waals surface area contributed by atoms with Crippen molar-refractivity contribution in [1.29, 1.82) is 0 Å². The first kappa shape index (κ1) is 11.5. The molecule has 0 aliphatic rings. The van der Waals surface area contributed by atoms with Gasteiger partial charge < -0.3 is 9.64 Å². The molecular formula is C11H11N3O2S. The first-order valence-corrected chi connectivity index (χ1v) is 5.65. The Bertz CT molecular complexity index is 496. The third-order valence-corrected chi connectivity index (χ3v) is 2.82. The predicted molar refractivity (Wildman–Crippen MR) is 65.6 cm³/mol. The van der Waals surface area contributed by atoms with Gasteiger partial charge in [0.1, 0.15) is 5.75 Å². The van der Waals surface area contributed by atoms with Crippen molar-refractivity contribution in [2.75, 3.05) is 19.1 Å². The van der Waals surface area contributed by atoms with E-state index in [1.807, 2.05) is 12.1 Å². The van der Waals surface area contributed by atoms with Crippen LogP contribution in [0.2, 0.25) is 0 Å². The first-order valence-electron chi connectivity index (χ1n) is 4.92. The molecule has 0 aliphatic heterocycles. The Labute approximate surface area is 103 Å². The fourth-order valence-corrected chi connectivity index (χ4v) is 1.76. The van der Waals surface area contributed by atoms with E-state index in [2.05, 4.69) is 8.75 Å². The molecule has 1 heterocycles. The molecule has 0 atom stereocenters. The summed E-state index contributed by atoms with van der Waals surface area (Å²) >= 11 is 1.02. The van der Waals surface area contributed by atoms with Crippen molar-refractivity contribution in [2.45, 2.75) is 0 Å². The standard InChI is InChI=1S/C11H11N3O2S/c1-14(11(15)10-7-12-17-13-10)8-3-5-9(16-2)6-4-8/h3-7H,1-2H3. The van der Waals surface area contributed by atoms with Gasteiger partial charge in [0, 0.05) is 12.7 Å². The van der Waals surface area contributed by atoms with Crippen molar-refractivity contribution in [1.82, 2.24) is 8.75 Å². The number of rotatable bonds is 3. The van der Waals surface area contributed by atoms with Crippen LogP contribution in [0, 0.1) is 0 Å². The second-order valence-corrected chi connectivity index (χ2v) is 3.91. The van der Waals surface area contributed by atoms with E-state index in [0.717, 1.165) is 23.2 Å². The maximum Gasteiger partial charge on any atom is 0.279 e. The van der Waals surface area contributed by atoms with Crippen molar-refractivity contribution in [3.05, 3.63) is 36.2 Å². The molecule has 1 aromatic heterocycles. The molecule has 0 bridgehead atoms. The molecule has 88 valence electrons. The van der Waals surface area contributed by atoms with Gasteiger partial charge in [0.15, 0.2) is 5.69 Å². The summed E-state index contributed by atoms with van der Waals surface area (Å²) in [5, 5.41) is 0. The maximum atomic E-state index is 12.0. The summed E-state index contributed by atoms with van der Waals surface area (Å²) in [4.78, 5) is 13.5. The zero-order valence-corrected chi connectivity index (χ0v) is 10.3. The number of aromatic nitrogens is 2. The van der Waals surface area contributed by atoms with Crippen LogP contribution in [0.4, 0.5) is 5.69 Å². The Morgan fingerprint density at radius 3 is 2.59 bits per heavy atom. The Morgan fingerprint density at radius 1 is 1.35 bits per heavy atom. The van der Waals surface area contributed by atoms with Gasteiger partial charge in [0.25, 0.3) is 5.91 Å². The van der Waals surface area contributed by atoms with Crippen LogP contribution < -0.4 is 9.64 Å². The molecule has 0 saturated carbocycles. The van der Waals surface area contributed by atoms with Gasteiger partial charge in [-0.3, -0.25) is 4.79 Å². The molecule has 0 aliphatic carbocycles. The van der Waals surface area contributed by atoms with E-state index in [9.17, 15) is 4.79 Å². The minimum absolute atomic E-state index is 0.177. The summed E-state index contributed by atoms with van der Waals surface area (Å²) in [7, 11) is 3.30. The fraction of sp³-hybridized carbons (Fsp3) is 0.182. The molecule has 17 heavy (non-hydrogen) atoms. The minimum Gasteiger partial charge on any atom is -0.497 e. The summed E-state index contributed by atoms with van der Waals surface area (Å²) < 4.78 is 12.8. The van der Waals surface area contributed by atoms with Crippen LogP contribution in [0.3, 0.4) is 0 Å². The lowest BCUT2D eigenvalue weighted by Gasteiger charge is -2.15. The molecule has 0 saturated heterocycles. The van der Waals surface area contributed by atoms with E-state index in [1.165, 1.54) is 11.1 Å². The smallest absolute Gasteiger partial charge is 0.279 e. The van der Waals surface area contributed by atoms with Crippen molar-refractivity contribution in [2.24, 2.45) is 0 Å². The molecule has 1 amide bonds. The molecule has 0 radical (unpaired) electrons. The number of methoxy groups -OCH3 is 1. The van der Waals surface area contributed by atoms with Crippen molar-refractivity contribution < 1.29 is 9.53 Å². The third kappa shape index (κ3) is 2.42. The van der Waals surface area contributed by atoms with E-state index in [-0.39, 0.29) is 5.91 Å². The molecular weight excluding hydrogens is 238 g/mol. The maximum absolute atomic E-state index is 12.0. The predicted octanol–water partition coefficient (Wildman–Crippen LogP) is 1.82. The molecule has 0 spiro atoms. The summed E-state index contributed by atoms with van der Waals surface area (Å²) in [6, 6.07) is 7.24. The van der Waals surface area contributed by atoms with E-state index < -0.39 is 0 Å². The minimum atomic E-state index is -0.177. The number of carbonyl (C=O) groups excluding carboxylic acids is 1. The Balaban J connectivity index is 2.19. The molecule has 5 nitrogen and oxygen atoms in total. The van der Waals surface area contributed by atoms with E-state index >= 15 is 0 Å². The molecule has 0 fully saturated rings. The second-order valence-electron chi connectivity index (χ2n) is 3.35. The number of ether oxygens (including phenoxy) is 1. The zero-order chi connectivity index (χ0) is 12.3. The highest BCUT2D eigenvalue weighted by Crippen LogP contribution is 2.19. The monoisotopic (exact) mass is 249 g/mol. The van der Waals surface area contributed by atoms with Gasteiger partial charge in [-0.1, -0.05) is 0 Å². The number of carbonyl (C=O) groups is 1. The van der Waals surface area contributed by atoms with Crippen LogP contribution >= 0.6 is 11.7 Å². The lowest BCUT2D eigenvalue weighted by atomic mass is 10.2. The van der Waals surface area contributed by atoms with Gasteiger partial charge in [0.2, 0.25) is 0 Å². The summed E-state index contributed by atoms with van der Waals surface area (Å²) in [5.41, 5.74) is 1.14. The van der Waals surface area contributed by atoms with Crippen molar-refractivity contribution >= 4 is 23.3 Å². The fourth-order valence-electron chi connectivity index (χ4n) is 1.35. The number of nitrogens with zero attached hydrogens (tertiary/aromatic N) is 3. The largest absolute Gasteiger partial charge is 0.497 e. The summed E-state index contributed by atoms with van der Waals surface area (Å²) in [6.07, 6.45) is 1.47. The lowest BCUT2D eigenvalue weighted by molar-refractivity contribution is 0.0989. The average molecular weight is 249 g/mol. The summed E-state index contributed by atoms with van der Waals surface area (Å²) in [6.45, 7) is 0. The number of hydrogen-bond donors (Lipinski definition) is 0. The second kappa shape index (κ2) is 4.92. The molecule has 0 unspecified atom stereocenters. The molecule has 6 heteroatoms. The van der Waals surface area contributed by atoms with Crippen LogP contribution in [0.1, 0.15) is 10.5 Å². The quantitative estimate of drug-likeness (QED) is 0.832. The topological polar surface area (TPSA) is 55.3 Å². The van der Waals surface area contributed by atoms with E-state index in [0.29, 0.717) is 5.69 Å². The number of hydrogen-bond acceptors (Lipinski definition) is 5. The zero-order valence-electron chi connectivity index (χ0n) is 9.45. The molecule has 2 aromatic rings. The Hall–Kier alpha value is -1.95. The van der Waals surface area contributed by atoms with Gasteiger partial charge in [-0.25, -0.2) is 0 Å². The first-order chi connectivity index (χ1) is 8.22. The van der Waals surface area contributed by atoms with Gasteiger partial charge in [0.05, 0.1) is 25.0 Å². The van der Waals surface area contributed by atoms with Gasteiger partial charge in [-0.15, -0.1) is 0 Å². The molecule has 0 N–H and O–H groups in total. The number of amides is 1. The summed E-state index contributed by atoms with van der Waals surface area (Å²) in [5.74, 6) is 0.578. The Morgan fingerprint density at radius 2 is 2.06 bits per heavy atom. The average Bonchev–Trinajstić information content (AvgIpc) is 2.91. The van der Waals surface area contributed by atoms with Crippen LogP contribution in [-0.4, -0.2) is 28.8 Å². The Kier molecular flexibility index (Phi) is 3.34. The van der Waals surface area contributed by atoms with Crippen LogP contribution in [-0.2, 0) is 0 Å². The van der Waals surface area contributed by atoms with Crippen molar-refractivity contribution in [3.63, 3.8) is 0 Å². The van der Waals surface area contributed by atoms with Gasteiger partial charge in [-0.05, 0) is 24.3 Å². The molecule has 1 aromatic carbocycles. The normalized spacial score (nSPS) is 10.0.